The Labute approximate surface area is 88.1 Å². The molecular weight excluding hydrogens is 188 g/mol. The zero-order valence-corrected chi connectivity index (χ0v) is 9.16. The summed E-state index contributed by atoms with van der Waals surface area (Å²) in [6, 6.07) is 7.56. The molecule has 0 unspecified atom stereocenters. The Hall–Kier alpha value is -1.64. The van der Waals surface area contributed by atoms with Crippen molar-refractivity contribution in [2.75, 3.05) is 0 Å². The minimum atomic E-state index is -0.126. The first-order valence-corrected chi connectivity index (χ1v) is 4.98. The quantitative estimate of drug-likeness (QED) is 0.712. The second-order valence-corrected chi connectivity index (χ2v) is 4.70. The Morgan fingerprint density at radius 2 is 1.73 bits per heavy atom. The van der Waals surface area contributed by atoms with Crippen molar-refractivity contribution < 1.29 is 0 Å². The van der Waals surface area contributed by atoms with E-state index in [0.717, 1.165) is 11.1 Å². The van der Waals surface area contributed by atoms with Gasteiger partial charge in [0.2, 0.25) is 0 Å². The van der Waals surface area contributed by atoms with Crippen LogP contribution in [0.1, 0.15) is 26.5 Å². The molecule has 1 aromatic heterocycles. The molecule has 0 aliphatic rings. The fourth-order valence-electron chi connectivity index (χ4n) is 1.69. The Morgan fingerprint density at radius 3 is 2.33 bits per heavy atom. The monoisotopic (exact) mass is 202 g/mol. The summed E-state index contributed by atoms with van der Waals surface area (Å²) in [7, 11) is 0. The summed E-state index contributed by atoms with van der Waals surface area (Å²) >= 11 is 0. The van der Waals surface area contributed by atoms with Crippen molar-refractivity contribution in [2.24, 2.45) is 0 Å². The average Bonchev–Trinajstić information content (AvgIpc) is 2.17. The fourth-order valence-corrected chi connectivity index (χ4v) is 1.69. The van der Waals surface area contributed by atoms with Gasteiger partial charge in [-0.25, -0.2) is 5.10 Å². The summed E-state index contributed by atoms with van der Waals surface area (Å²) in [4.78, 5) is 11.5. The largest absolute Gasteiger partial charge is 0.272 e. The summed E-state index contributed by atoms with van der Waals surface area (Å²) < 4.78 is 0. The van der Waals surface area contributed by atoms with Crippen LogP contribution in [0.3, 0.4) is 0 Å². The van der Waals surface area contributed by atoms with Crippen LogP contribution >= 0.6 is 0 Å². The normalized spacial score (nSPS) is 11.9. The number of aromatic amines is 1. The molecule has 78 valence electrons. The maximum Gasteiger partial charge on any atom is 0.272 e. The number of nitrogens with one attached hydrogen (secondary N) is 1. The van der Waals surface area contributed by atoms with Gasteiger partial charge in [-0.15, -0.1) is 0 Å². The molecule has 0 amide bonds. The molecule has 0 saturated heterocycles. The average molecular weight is 202 g/mol. The van der Waals surface area contributed by atoms with Crippen LogP contribution in [0.25, 0.3) is 10.8 Å². The number of hydrogen-bond acceptors (Lipinski definition) is 2. The molecule has 15 heavy (non-hydrogen) atoms. The summed E-state index contributed by atoms with van der Waals surface area (Å²) in [6.45, 7) is 6.25. The van der Waals surface area contributed by atoms with Crippen LogP contribution in [-0.2, 0) is 5.41 Å². The number of hydrogen-bond donors (Lipinski definition) is 1. The van der Waals surface area contributed by atoms with Crippen LogP contribution in [0.4, 0.5) is 0 Å². The number of H-pyrrole nitrogens is 1. The van der Waals surface area contributed by atoms with Gasteiger partial charge >= 0.3 is 0 Å². The van der Waals surface area contributed by atoms with Gasteiger partial charge in [0.25, 0.3) is 5.56 Å². The predicted octanol–water partition coefficient (Wildman–Crippen LogP) is 2.22. The third-order valence-corrected chi connectivity index (χ3v) is 2.41. The minimum absolute atomic E-state index is 0.0657. The molecule has 0 spiro atoms. The van der Waals surface area contributed by atoms with Crippen LogP contribution in [0.5, 0.6) is 0 Å². The number of aromatic nitrogens is 2. The van der Waals surface area contributed by atoms with Gasteiger partial charge in [-0.2, -0.15) is 5.10 Å². The first-order chi connectivity index (χ1) is 7.00. The molecule has 3 heteroatoms. The summed E-state index contributed by atoms with van der Waals surface area (Å²) in [5.41, 5.74) is 0.736. The molecule has 2 rings (SSSR count). The molecule has 0 fully saturated rings. The molecule has 1 heterocycles. The summed E-state index contributed by atoms with van der Waals surface area (Å²) in [6.07, 6.45) is 0. The predicted molar refractivity (Wildman–Crippen MR) is 61.1 cm³/mol. The standard InChI is InChI=1S/C12H14N2O/c1-12(2,3)10-8-6-4-5-7-9(8)11(15)14-13-10/h4-7H,1-3H3,(H,14,15). The van der Waals surface area contributed by atoms with Crippen molar-refractivity contribution in [2.45, 2.75) is 26.2 Å². The Morgan fingerprint density at radius 1 is 1.13 bits per heavy atom. The van der Waals surface area contributed by atoms with Crippen molar-refractivity contribution in [3.8, 4) is 0 Å². The lowest BCUT2D eigenvalue weighted by Gasteiger charge is -2.18. The third-order valence-electron chi connectivity index (χ3n) is 2.41. The van der Waals surface area contributed by atoms with E-state index in [2.05, 4.69) is 31.0 Å². The van der Waals surface area contributed by atoms with E-state index in [1.807, 2.05) is 24.3 Å². The van der Waals surface area contributed by atoms with E-state index in [9.17, 15) is 4.79 Å². The van der Waals surface area contributed by atoms with Crippen molar-refractivity contribution in [1.82, 2.24) is 10.2 Å². The summed E-state index contributed by atoms with van der Waals surface area (Å²) in [5.74, 6) is 0. The first kappa shape index (κ1) is 9.90. The molecule has 0 bridgehead atoms. The van der Waals surface area contributed by atoms with E-state index >= 15 is 0 Å². The van der Waals surface area contributed by atoms with Crippen LogP contribution in [0.2, 0.25) is 0 Å². The minimum Gasteiger partial charge on any atom is -0.267 e. The van der Waals surface area contributed by atoms with Crippen molar-refractivity contribution >= 4 is 10.8 Å². The molecule has 0 aliphatic carbocycles. The molecule has 1 aromatic carbocycles. The van der Waals surface area contributed by atoms with Gasteiger partial charge < -0.3 is 0 Å². The lowest BCUT2D eigenvalue weighted by molar-refractivity contribution is 0.564. The third kappa shape index (κ3) is 1.65. The van der Waals surface area contributed by atoms with Crippen LogP contribution in [-0.4, -0.2) is 10.2 Å². The molecule has 3 nitrogen and oxygen atoms in total. The zero-order valence-electron chi connectivity index (χ0n) is 9.16. The molecule has 1 N–H and O–H groups in total. The molecule has 0 aliphatic heterocycles. The second kappa shape index (κ2) is 3.19. The van der Waals surface area contributed by atoms with Gasteiger partial charge in [-0.3, -0.25) is 4.79 Å². The highest BCUT2D eigenvalue weighted by atomic mass is 16.1. The Balaban J connectivity index is 2.90. The maximum atomic E-state index is 11.5. The van der Waals surface area contributed by atoms with Crippen LogP contribution in [0, 0.1) is 0 Å². The number of nitrogens with zero attached hydrogens (tertiary/aromatic N) is 1. The maximum absolute atomic E-state index is 11.5. The molecule has 0 saturated carbocycles. The van der Waals surface area contributed by atoms with Gasteiger partial charge in [0.1, 0.15) is 0 Å². The molecule has 2 aromatic rings. The number of rotatable bonds is 0. The Bertz CT molecular complexity index is 549. The number of benzene rings is 1. The van der Waals surface area contributed by atoms with E-state index in [4.69, 9.17) is 0 Å². The van der Waals surface area contributed by atoms with Crippen LogP contribution in [0.15, 0.2) is 29.1 Å². The van der Waals surface area contributed by atoms with E-state index in [0.29, 0.717) is 5.39 Å². The van der Waals surface area contributed by atoms with Crippen molar-refractivity contribution in [1.29, 1.82) is 0 Å². The molecule has 0 atom stereocenters. The van der Waals surface area contributed by atoms with Crippen LogP contribution < -0.4 is 5.56 Å². The van der Waals surface area contributed by atoms with Gasteiger partial charge in [0, 0.05) is 10.8 Å². The number of fused-ring (bicyclic) bond motifs is 1. The fraction of sp³-hybridized carbons (Fsp3) is 0.333. The smallest absolute Gasteiger partial charge is 0.267 e. The molecule has 0 radical (unpaired) electrons. The van der Waals surface area contributed by atoms with Gasteiger partial charge in [0.05, 0.1) is 11.1 Å². The lowest BCUT2D eigenvalue weighted by atomic mass is 9.89. The van der Waals surface area contributed by atoms with Crippen molar-refractivity contribution in [3.05, 3.63) is 40.3 Å². The highest BCUT2D eigenvalue weighted by Gasteiger charge is 2.19. The first-order valence-electron chi connectivity index (χ1n) is 4.98. The van der Waals surface area contributed by atoms with E-state index < -0.39 is 0 Å². The van der Waals surface area contributed by atoms with Gasteiger partial charge in [-0.05, 0) is 6.07 Å². The van der Waals surface area contributed by atoms with Gasteiger partial charge in [-0.1, -0.05) is 39.0 Å². The topological polar surface area (TPSA) is 45.8 Å². The van der Waals surface area contributed by atoms with E-state index in [1.54, 1.807) is 0 Å². The van der Waals surface area contributed by atoms with E-state index in [1.165, 1.54) is 0 Å². The lowest BCUT2D eigenvalue weighted by Crippen LogP contribution is -2.19. The highest BCUT2D eigenvalue weighted by Crippen LogP contribution is 2.25. The second-order valence-electron chi connectivity index (χ2n) is 4.70. The SMILES string of the molecule is CC(C)(C)c1n[nH]c(=O)c2ccccc12. The Kier molecular flexibility index (Phi) is 2.11. The molecular formula is C12H14N2O. The zero-order chi connectivity index (χ0) is 11.1. The van der Waals surface area contributed by atoms with Crippen molar-refractivity contribution in [3.63, 3.8) is 0 Å². The summed E-state index contributed by atoms with van der Waals surface area (Å²) in [5, 5.41) is 8.33. The van der Waals surface area contributed by atoms with E-state index in [-0.39, 0.29) is 11.0 Å². The van der Waals surface area contributed by atoms with Gasteiger partial charge in [0.15, 0.2) is 0 Å². The highest BCUT2D eigenvalue weighted by molar-refractivity contribution is 5.84.